The predicted molar refractivity (Wildman–Crippen MR) is 70.0 cm³/mol. The fraction of sp³-hybridized carbons (Fsp3) is 0.333. The van der Waals surface area contributed by atoms with Crippen molar-refractivity contribution in [3.8, 4) is 0 Å². The molecule has 0 aliphatic heterocycles. The minimum atomic E-state index is 0.346. The average molecular weight is 229 g/mol. The minimum Gasteiger partial charge on any atom is -0.472 e. The highest BCUT2D eigenvalue weighted by Crippen LogP contribution is 2.12. The summed E-state index contributed by atoms with van der Waals surface area (Å²) in [7, 11) is 0. The molecule has 2 aromatic rings. The Morgan fingerprint density at radius 3 is 2.88 bits per heavy atom. The second-order valence-electron chi connectivity index (χ2n) is 4.47. The van der Waals surface area contributed by atoms with E-state index < -0.39 is 0 Å². The summed E-state index contributed by atoms with van der Waals surface area (Å²) in [5.74, 6) is 0. The van der Waals surface area contributed by atoms with Crippen LogP contribution in [0.2, 0.25) is 0 Å². The van der Waals surface area contributed by atoms with Gasteiger partial charge in [-0.2, -0.15) is 0 Å². The number of hydrogen-bond donors (Lipinski definition) is 1. The smallest absolute Gasteiger partial charge is 0.0950 e. The van der Waals surface area contributed by atoms with Crippen molar-refractivity contribution >= 4 is 0 Å². The fourth-order valence-electron chi connectivity index (χ4n) is 1.94. The first-order chi connectivity index (χ1) is 8.25. The summed E-state index contributed by atoms with van der Waals surface area (Å²) in [5, 5.41) is 3.49. The molecular weight excluding hydrogens is 210 g/mol. The Hall–Kier alpha value is -1.54. The van der Waals surface area contributed by atoms with E-state index in [1.165, 1.54) is 16.7 Å². The molecule has 0 bridgehead atoms. The van der Waals surface area contributed by atoms with Crippen LogP contribution in [0.25, 0.3) is 0 Å². The summed E-state index contributed by atoms with van der Waals surface area (Å²) in [5.41, 5.74) is 3.91. The van der Waals surface area contributed by atoms with Gasteiger partial charge in [0.05, 0.1) is 12.5 Å². The van der Waals surface area contributed by atoms with Crippen molar-refractivity contribution in [3.05, 3.63) is 59.5 Å². The molecule has 2 nitrogen and oxygen atoms in total. The van der Waals surface area contributed by atoms with Gasteiger partial charge in [0.15, 0.2) is 0 Å². The molecule has 0 radical (unpaired) electrons. The summed E-state index contributed by atoms with van der Waals surface area (Å²) >= 11 is 0. The van der Waals surface area contributed by atoms with E-state index in [9.17, 15) is 0 Å². The molecular formula is C15H19NO. The Bertz CT molecular complexity index is 448. The van der Waals surface area contributed by atoms with Crippen LogP contribution in [0.4, 0.5) is 0 Å². The zero-order valence-corrected chi connectivity index (χ0v) is 10.4. The third-order valence-electron chi connectivity index (χ3n) is 2.99. The second-order valence-corrected chi connectivity index (χ2v) is 4.47. The molecule has 2 rings (SSSR count). The zero-order chi connectivity index (χ0) is 12.1. The first-order valence-corrected chi connectivity index (χ1v) is 6.07. The van der Waals surface area contributed by atoms with Gasteiger partial charge in [-0.1, -0.05) is 29.8 Å². The Morgan fingerprint density at radius 1 is 1.29 bits per heavy atom. The molecule has 17 heavy (non-hydrogen) atoms. The second kappa shape index (κ2) is 5.69. The number of furan rings is 1. The van der Waals surface area contributed by atoms with E-state index in [2.05, 4.69) is 43.4 Å². The molecule has 0 saturated heterocycles. The molecule has 1 heterocycles. The fourth-order valence-corrected chi connectivity index (χ4v) is 1.94. The highest BCUT2D eigenvalue weighted by Gasteiger charge is 2.05. The monoisotopic (exact) mass is 229 g/mol. The number of rotatable bonds is 5. The Kier molecular flexibility index (Phi) is 3.99. The minimum absolute atomic E-state index is 0.346. The molecule has 0 amide bonds. The van der Waals surface area contributed by atoms with Gasteiger partial charge in [0.2, 0.25) is 0 Å². The van der Waals surface area contributed by atoms with E-state index in [1.807, 2.05) is 6.07 Å². The molecule has 1 aromatic carbocycles. The van der Waals surface area contributed by atoms with Crippen LogP contribution < -0.4 is 5.32 Å². The first-order valence-electron chi connectivity index (χ1n) is 6.07. The Labute approximate surface area is 103 Å². The van der Waals surface area contributed by atoms with Gasteiger partial charge in [-0.25, -0.2) is 0 Å². The van der Waals surface area contributed by atoms with Crippen LogP contribution in [0.5, 0.6) is 0 Å². The largest absolute Gasteiger partial charge is 0.472 e. The summed E-state index contributed by atoms with van der Waals surface area (Å²) in [4.78, 5) is 0. The third-order valence-corrected chi connectivity index (χ3v) is 2.99. The van der Waals surface area contributed by atoms with E-state index in [0.29, 0.717) is 6.04 Å². The summed E-state index contributed by atoms with van der Waals surface area (Å²) < 4.78 is 5.08. The molecule has 1 unspecified atom stereocenters. The highest BCUT2D eigenvalue weighted by atomic mass is 16.3. The number of hydrogen-bond acceptors (Lipinski definition) is 2. The van der Waals surface area contributed by atoms with Gasteiger partial charge >= 0.3 is 0 Å². The number of aryl methyl sites for hydroxylation is 1. The molecule has 2 heteroatoms. The van der Waals surface area contributed by atoms with Crippen molar-refractivity contribution in [2.24, 2.45) is 0 Å². The lowest BCUT2D eigenvalue weighted by molar-refractivity contribution is 0.540. The quantitative estimate of drug-likeness (QED) is 0.849. The maximum atomic E-state index is 5.08. The van der Waals surface area contributed by atoms with Crippen molar-refractivity contribution in [2.45, 2.75) is 26.3 Å². The SMILES string of the molecule is Cc1cccc(CCNC(C)c2ccoc2)c1. The normalized spacial score (nSPS) is 12.6. The molecule has 0 aliphatic rings. The summed E-state index contributed by atoms with van der Waals surface area (Å²) in [6, 6.07) is 11.0. The predicted octanol–water partition coefficient (Wildman–Crippen LogP) is 3.48. The van der Waals surface area contributed by atoms with Crippen molar-refractivity contribution in [2.75, 3.05) is 6.54 Å². The van der Waals surface area contributed by atoms with Gasteiger partial charge in [0.25, 0.3) is 0 Å². The highest BCUT2D eigenvalue weighted by molar-refractivity contribution is 5.22. The third kappa shape index (κ3) is 3.46. The summed E-state index contributed by atoms with van der Waals surface area (Å²) in [6.45, 7) is 5.27. The van der Waals surface area contributed by atoms with Gasteiger partial charge in [-0.05, 0) is 38.4 Å². The van der Waals surface area contributed by atoms with E-state index in [1.54, 1.807) is 12.5 Å². The van der Waals surface area contributed by atoms with E-state index >= 15 is 0 Å². The van der Waals surface area contributed by atoms with Crippen LogP contribution in [-0.4, -0.2) is 6.54 Å². The van der Waals surface area contributed by atoms with Crippen molar-refractivity contribution in [3.63, 3.8) is 0 Å². The van der Waals surface area contributed by atoms with Crippen LogP contribution in [-0.2, 0) is 6.42 Å². The molecule has 1 N–H and O–H groups in total. The van der Waals surface area contributed by atoms with Gasteiger partial charge in [-0.15, -0.1) is 0 Å². The van der Waals surface area contributed by atoms with Crippen LogP contribution in [0.3, 0.4) is 0 Å². The first kappa shape index (κ1) is 11.9. The summed E-state index contributed by atoms with van der Waals surface area (Å²) in [6.07, 6.45) is 4.57. The molecule has 1 atom stereocenters. The molecule has 0 aliphatic carbocycles. The van der Waals surface area contributed by atoms with Crippen LogP contribution >= 0.6 is 0 Å². The van der Waals surface area contributed by atoms with Crippen LogP contribution in [0.15, 0.2) is 47.3 Å². The topological polar surface area (TPSA) is 25.2 Å². The lowest BCUT2D eigenvalue weighted by Gasteiger charge is -2.11. The number of benzene rings is 1. The maximum Gasteiger partial charge on any atom is 0.0950 e. The van der Waals surface area contributed by atoms with Crippen LogP contribution in [0, 0.1) is 6.92 Å². The van der Waals surface area contributed by atoms with Crippen LogP contribution in [0.1, 0.15) is 29.7 Å². The number of nitrogens with one attached hydrogen (secondary N) is 1. The molecule has 0 fully saturated rings. The van der Waals surface area contributed by atoms with Gasteiger partial charge in [0, 0.05) is 11.6 Å². The molecule has 0 spiro atoms. The molecule has 0 saturated carbocycles. The van der Waals surface area contributed by atoms with Gasteiger partial charge in [0.1, 0.15) is 0 Å². The Morgan fingerprint density at radius 2 is 2.18 bits per heavy atom. The lowest BCUT2D eigenvalue weighted by atomic mass is 10.1. The average Bonchev–Trinajstić information content (AvgIpc) is 2.82. The van der Waals surface area contributed by atoms with Crippen molar-refractivity contribution < 1.29 is 4.42 Å². The standard InChI is InChI=1S/C15H19NO/c1-12-4-3-5-14(10-12)6-8-16-13(2)15-7-9-17-11-15/h3-5,7,9-11,13,16H,6,8H2,1-2H3. The van der Waals surface area contributed by atoms with Gasteiger partial charge in [-0.3, -0.25) is 0 Å². The zero-order valence-electron chi connectivity index (χ0n) is 10.4. The molecule has 90 valence electrons. The van der Waals surface area contributed by atoms with E-state index in [4.69, 9.17) is 4.42 Å². The Balaban J connectivity index is 1.80. The molecule has 1 aromatic heterocycles. The van der Waals surface area contributed by atoms with E-state index in [0.717, 1.165) is 13.0 Å². The van der Waals surface area contributed by atoms with Gasteiger partial charge < -0.3 is 9.73 Å². The lowest BCUT2D eigenvalue weighted by Crippen LogP contribution is -2.20. The van der Waals surface area contributed by atoms with E-state index in [-0.39, 0.29) is 0 Å². The maximum absolute atomic E-state index is 5.08. The van der Waals surface area contributed by atoms with Crippen molar-refractivity contribution in [1.29, 1.82) is 0 Å². The van der Waals surface area contributed by atoms with Crippen molar-refractivity contribution in [1.82, 2.24) is 5.32 Å².